The number of hydrogen-bond acceptors (Lipinski definition) is 5. The summed E-state index contributed by atoms with van der Waals surface area (Å²) in [6, 6.07) is 10.3. The molecule has 10 heteroatoms. The minimum atomic E-state index is -0.760. The maximum atomic E-state index is 12.5. The van der Waals surface area contributed by atoms with Crippen molar-refractivity contribution >= 4 is 52.1 Å². The summed E-state index contributed by atoms with van der Waals surface area (Å²) in [5.74, 6) is -1.07. The molecule has 1 aromatic heterocycles. The second-order valence-electron chi connectivity index (χ2n) is 5.53. The second kappa shape index (κ2) is 8.02. The van der Waals surface area contributed by atoms with Gasteiger partial charge in [0.25, 0.3) is 11.6 Å². The van der Waals surface area contributed by atoms with Crippen molar-refractivity contribution in [3.05, 3.63) is 89.7 Å². The zero-order valence-corrected chi connectivity index (χ0v) is 16.0. The van der Waals surface area contributed by atoms with Crippen molar-refractivity contribution in [2.24, 2.45) is 0 Å². The molecule has 3 rings (SSSR count). The van der Waals surface area contributed by atoms with Crippen LogP contribution in [0.3, 0.4) is 0 Å². The van der Waals surface area contributed by atoms with Crippen molar-refractivity contribution in [2.75, 3.05) is 5.32 Å². The third-order valence-electron chi connectivity index (χ3n) is 3.59. The molecule has 0 saturated carbocycles. The number of anilines is 1. The first kappa shape index (κ1) is 19.9. The van der Waals surface area contributed by atoms with Gasteiger partial charge in [0.15, 0.2) is 11.2 Å². The predicted molar refractivity (Wildman–Crippen MR) is 106 cm³/mol. The van der Waals surface area contributed by atoms with Crippen LogP contribution in [-0.4, -0.2) is 10.8 Å². The van der Waals surface area contributed by atoms with Crippen LogP contribution < -0.4 is 10.7 Å². The number of benzene rings is 2. The minimum Gasteiger partial charge on any atom is -0.451 e. The van der Waals surface area contributed by atoms with Crippen LogP contribution in [0.5, 0.6) is 0 Å². The molecule has 0 aliphatic heterocycles. The van der Waals surface area contributed by atoms with E-state index in [0.717, 1.165) is 12.1 Å². The Morgan fingerprint density at radius 1 is 1.00 bits per heavy atom. The number of rotatable bonds is 4. The van der Waals surface area contributed by atoms with Crippen molar-refractivity contribution in [1.29, 1.82) is 0 Å². The molecule has 142 valence electrons. The van der Waals surface area contributed by atoms with E-state index >= 15 is 0 Å². The average molecular weight is 440 g/mol. The molecule has 1 N–H and O–H groups in total. The fraction of sp³-hybridized carbons (Fsp3) is 0. The van der Waals surface area contributed by atoms with Crippen molar-refractivity contribution in [2.45, 2.75) is 0 Å². The number of nitrogens with zero attached hydrogens (tertiary/aromatic N) is 1. The molecule has 3 aromatic rings. The topological polar surface area (TPSA) is 102 Å². The number of amides is 1. The van der Waals surface area contributed by atoms with E-state index in [-0.39, 0.29) is 43.5 Å². The summed E-state index contributed by atoms with van der Waals surface area (Å²) in [4.78, 5) is 34.8. The summed E-state index contributed by atoms with van der Waals surface area (Å²) in [6.07, 6.45) is 0. The highest BCUT2D eigenvalue weighted by Crippen LogP contribution is 2.32. The van der Waals surface area contributed by atoms with Gasteiger partial charge < -0.3 is 9.73 Å². The van der Waals surface area contributed by atoms with Crippen molar-refractivity contribution < 1.29 is 14.1 Å². The van der Waals surface area contributed by atoms with Crippen LogP contribution in [-0.2, 0) is 0 Å². The molecule has 0 aliphatic carbocycles. The van der Waals surface area contributed by atoms with Crippen LogP contribution in [0.15, 0.2) is 57.7 Å². The van der Waals surface area contributed by atoms with Gasteiger partial charge in [-0.3, -0.25) is 19.7 Å². The minimum absolute atomic E-state index is 0.00147. The second-order valence-corrected chi connectivity index (χ2v) is 6.75. The number of non-ortho nitro benzene ring substituents is 1. The van der Waals surface area contributed by atoms with Crippen molar-refractivity contribution in [3.8, 4) is 11.3 Å². The number of carbonyl (C=O) groups is 1. The van der Waals surface area contributed by atoms with E-state index in [1.54, 1.807) is 0 Å². The van der Waals surface area contributed by atoms with Crippen LogP contribution >= 0.6 is 34.8 Å². The predicted octanol–water partition coefficient (Wildman–Crippen LogP) is 5.43. The molecular formula is C18H9Cl3N2O5. The molecule has 0 fully saturated rings. The van der Waals surface area contributed by atoms with Gasteiger partial charge in [0.2, 0.25) is 0 Å². The van der Waals surface area contributed by atoms with Gasteiger partial charge in [-0.1, -0.05) is 46.9 Å². The number of nitro benzene ring substituents is 1. The molecule has 0 aliphatic rings. The molecule has 0 saturated heterocycles. The highest BCUT2D eigenvalue weighted by atomic mass is 35.5. The van der Waals surface area contributed by atoms with Gasteiger partial charge in [-0.25, -0.2) is 0 Å². The molecule has 0 bridgehead atoms. The quantitative estimate of drug-likeness (QED) is 0.332. The fourth-order valence-corrected chi connectivity index (χ4v) is 2.90. The molecule has 2 aromatic carbocycles. The summed E-state index contributed by atoms with van der Waals surface area (Å²) in [7, 11) is 0. The largest absolute Gasteiger partial charge is 0.451 e. The average Bonchev–Trinajstić information content (AvgIpc) is 2.65. The van der Waals surface area contributed by atoms with Crippen LogP contribution in [0, 0.1) is 10.1 Å². The molecule has 0 atom stereocenters. The molecule has 1 heterocycles. The zero-order chi connectivity index (χ0) is 20.4. The summed E-state index contributed by atoms with van der Waals surface area (Å²) >= 11 is 17.8. The zero-order valence-electron chi connectivity index (χ0n) is 13.7. The van der Waals surface area contributed by atoms with Gasteiger partial charge in [0.05, 0.1) is 25.7 Å². The smallest absolute Gasteiger partial charge is 0.291 e. The monoisotopic (exact) mass is 438 g/mol. The third-order valence-corrected chi connectivity index (χ3v) is 4.62. The molecule has 28 heavy (non-hydrogen) atoms. The molecule has 7 nitrogen and oxygen atoms in total. The van der Waals surface area contributed by atoms with Crippen molar-refractivity contribution in [3.63, 3.8) is 0 Å². The van der Waals surface area contributed by atoms with Crippen LogP contribution in [0.2, 0.25) is 15.1 Å². The van der Waals surface area contributed by atoms with E-state index in [0.29, 0.717) is 0 Å². The first-order valence-corrected chi connectivity index (χ1v) is 8.74. The Balaban J connectivity index is 1.97. The summed E-state index contributed by atoms with van der Waals surface area (Å²) < 4.78 is 5.47. The summed E-state index contributed by atoms with van der Waals surface area (Å²) in [5, 5.41) is 13.9. The van der Waals surface area contributed by atoms with E-state index in [1.165, 1.54) is 36.4 Å². The molecule has 0 radical (unpaired) electrons. The Kier molecular flexibility index (Phi) is 5.69. The number of carbonyl (C=O) groups excluding carboxylic acids is 1. The first-order chi connectivity index (χ1) is 13.2. The maximum absolute atomic E-state index is 12.5. The van der Waals surface area contributed by atoms with Crippen LogP contribution in [0.1, 0.15) is 10.6 Å². The number of nitro groups is 1. The van der Waals surface area contributed by atoms with Gasteiger partial charge >= 0.3 is 0 Å². The Morgan fingerprint density at radius 2 is 1.71 bits per heavy atom. The summed E-state index contributed by atoms with van der Waals surface area (Å²) in [6.45, 7) is 0. The maximum Gasteiger partial charge on any atom is 0.291 e. The lowest BCUT2D eigenvalue weighted by Gasteiger charge is -2.09. The van der Waals surface area contributed by atoms with Gasteiger partial charge in [-0.2, -0.15) is 0 Å². The lowest BCUT2D eigenvalue weighted by molar-refractivity contribution is -0.384. The Labute approximate surface area is 172 Å². The standard InChI is InChI=1S/C18H9Cl3N2O5/c19-12-7-14(21)15(8-13(12)20)22-18(25)17-6-11(24)5-16(28-17)9-2-1-3-10(4-9)23(26)27/h1-8H,(H,22,25). The van der Waals surface area contributed by atoms with Gasteiger partial charge in [0, 0.05) is 29.8 Å². The van der Waals surface area contributed by atoms with Crippen molar-refractivity contribution in [1.82, 2.24) is 0 Å². The summed E-state index contributed by atoms with van der Waals surface area (Å²) in [5.41, 5.74) is -0.256. The third kappa shape index (κ3) is 4.33. The normalized spacial score (nSPS) is 10.5. The van der Waals surface area contributed by atoms with E-state index in [2.05, 4.69) is 5.32 Å². The van der Waals surface area contributed by atoms with E-state index < -0.39 is 16.3 Å². The SMILES string of the molecule is O=C(Nc1cc(Cl)c(Cl)cc1Cl)c1cc(=O)cc(-c2cccc([N+](=O)[O-])c2)o1. The number of nitrogens with one attached hydrogen (secondary N) is 1. The lowest BCUT2D eigenvalue weighted by atomic mass is 10.1. The molecule has 0 spiro atoms. The van der Waals surface area contributed by atoms with E-state index in [4.69, 9.17) is 39.2 Å². The number of hydrogen-bond donors (Lipinski definition) is 1. The van der Waals surface area contributed by atoms with E-state index in [9.17, 15) is 19.7 Å². The van der Waals surface area contributed by atoms with Crippen LogP contribution in [0.4, 0.5) is 11.4 Å². The van der Waals surface area contributed by atoms with Crippen LogP contribution in [0.25, 0.3) is 11.3 Å². The molecule has 0 unspecified atom stereocenters. The highest BCUT2D eigenvalue weighted by Gasteiger charge is 2.16. The molecular weight excluding hydrogens is 431 g/mol. The van der Waals surface area contributed by atoms with Gasteiger partial charge in [-0.05, 0) is 12.1 Å². The Bertz CT molecular complexity index is 1160. The van der Waals surface area contributed by atoms with Gasteiger partial charge in [-0.15, -0.1) is 0 Å². The fourth-order valence-electron chi connectivity index (χ4n) is 2.31. The lowest BCUT2D eigenvalue weighted by Crippen LogP contribution is -2.15. The highest BCUT2D eigenvalue weighted by molar-refractivity contribution is 6.44. The first-order valence-electron chi connectivity index (χ1n) is 7.60. The molecule has 1 amide bonds. The van der Waals surface area contributed by atoms with Gasteiger partial charge in [0.1, 0.15) is 5.76 Å². The van der Waals surface area contributed by atoms with E-state index in [1.807, 2.05) is 0 Å². The Hall–Kier alpha value is -2.87. The Morgan fingerprint density at radius 3 is 2.43 bits per heavy atom. The number of halogens is 3.